The van der Waals surface area contributed by atoms with Crippen molar-refractivity contribution in [1.29, 1.82) is 0 Å². The summed E-state index contributed by atoms with van der Waals surface area (Å²) in [6.07, 6.45) is 1.93. The predicted molar refractivity (Wildman–Crippen MR) is 94.6 cm³/mol. The van der Waals surface area contributed by atoms with E-state index in [0.717, 1.165) is 23.4 Å². The smallest absolute Gasteiger partial charge is 0.244 e. The minimum Gasteiger partial charge on any atom is -0.497 e. The third-order valence-electron chi connectivity index (χ3n) is 3.69. The Bertz CT molecular complexity index is 939. The molecule has 0 aliphatic carbocycles. The molecule has 3 aromatic rings. The van der Waals surface area contributed by atoms with Crippen LogP contribution in [0.15, 0.2) is 42.6 Å². The number of hydrogen-bond donors (Lipinski definition) is 2. The van der Waals surface area contributed by atoms with Gasteiger partial charge in [0.25, 0.3) is 0 Å². The lowest BCUT2D eigenvalue weighted by Gasteiger charge is -2.09. The highest BCUT2D eigenvalue weighted by Gasteiger charge is 2.14. The molecule has 0 spiro atoms. The van der Waals surface area contributed by atoms with Gasteiger partial charge in [0.1, 0.15) is 5.75 Å². The summed E-state index contributed by atoms with van der Waals surface area (Å²) in [6, 6.07) is 9.54. The summed E-state index contributed by atoms with van der Waals surface area (Å²) in [6.45, 7) is 0.526. The molecule has 9 heteroatoms. The van der Waals surface area contributed by atoms with Gasteiger partial charge in [-0.05, 0) is 36.2 Å². The molecule has 2 aromatic carbocycles. The molecule has 1 heterocycles. The molecule has 0 atom stereocenters. The first kappa shape index (κ1) is 18.4. The van der Waals surface area contributed by atoms with E-state index in [1.807, 2.05) is 24.3 Å². The van der Waals surface area contributed by atoms with Gasteiger partial charge in [0, 0.05) is 6.54 Å². The van der Waals surface area contributed by atoms with E-state index >= 15 is 0 Å². The summed E-state index contributed by atoms with van der Waals surface area (Å²) in [7, 11) is 1.60. The quantitative estimate of drug-likeness (QED) is 0.614. The van der Waals surface area contributed by atoms with Crippen LogP contribution in [0.4, 0.5) is 30.6 Å². The van der Waals surface area contributed by atoms with Crippen LogP contribution in [0.3, 0.4) is 0 Å². The third-order valence-corrected chi connectivity index (χ3v) is 3.69. The number of aromatic nitrogens is 3. The van der Waals surface area contributed by atoms with Crippen molar-refractivity contribution in [3.63, 3.8) is 0 Å². The molecule has 0 amide bonds. The highest BCUT2D eigenvalue weighted by molar-refractivity contribution is 5.57. The average molecular weight is 375 g/mol. The van der Waals surface area contributed by atoms with Crippen molar-refractivity contribution in [2.75, 3.05) is 24.3 Å². The molecule has 0 saturated carbocycles. The first-order chi connectivity index (χ1) is 13.1. The molecule has 0 fully saturated rings. The molecule has 0 aliphatic heterocycles. The van der Waals surface area contributed by atoms with Crippen LogP contribution in [-0.2, 0) is 6.42 Å². The monoisotopic (exact) mass is 375 g/mol. The largest absolute Gasteiger partial charge is 0.497 e. The minimum absolute atomic E-state index is 0.138. The Morgan fingerprint density at radius 1 is 1.07 bits per heavy atom. The zero-order valence-electron chi connectivity index (χ0n) is 14.3. The van der Waals surface area contributed by atoms with Crippen molar-refractivity contribution < 1.29 is 17.9 Å². The Kier molecular flexibility index (Phi) is 5.70. The zero-order chi connectivity index (χ0) is 19.2. The van der Waals surface area contributed by atoms with E-state index in [1.165, 1.54) is 6.20 Å². The molecule has 2 N–H and O–H groups in total. The Labute approximate surface area is 153 Å². The molecule has 140 valence electrons. The maximum atomic E-state index is 13.7. The molecule has 0 bridgehead atoms. The van der Waals surface area contributed by atoms with Crippen LogP contribution in [-0.4, -0.2) is 28.8 Å². The minimum atomic E-state index is -1.56. The highest BCUT2D eigenvalue weighted by atomic mass is 19.2. The van der Waals surface area contributed by atoms with Gasteiger partial charge in [-0.1, -0.05) is 12.1 Å². The maximum absolute atomic E-state index is 13.7. The Hall–Kier alpha value is -3.36. The van der Waals surface area contributed by atoms with Crippen LogP contribution in [0, 0.1) is 17.5 Å². The molecule has 0 unspecified atom stereocenters. The van der Waals surface area contributed by atoms with E-state index in [0.29, 0.717) is 13.0 Å². The third kappa shape index (κ3) is 4.63. The number of nitrogens with zero attached hydrogens (tertiary/aromatic N) is 3. The van der Waals surface area contributed by atoms with E-state index in [4.69, 9.17) is 4.74 Å². The fourth-order valence-electron chi connectivity index (χ4n) is 2.35. The number of nitrogens with one attached hydrogen (secondary N) is 2. The van der Waals surface area contributed by atoms with Crippen LogP contribution in [0.1, 0.15) is 5.56 Å². The second kappa shape index (κ2) is 8.35. The van der Waals surface area contributed by atoms with Gasteiger partial charge in [0.15, 0.2) is 23.3 Å². The fourth-order valence-corrected chi connectivity index (χ4v) is 2.35. The maximum Gasteiger partial charge on any atom is 0.244 e. The Balaban J connectivity index is 1.63. The van der Waals surface area contributed by atoms with Crippen molar-refractivity contribution in [2.24, 2.45) is 0 Å². The lowest BCUT2D eigenvalue weighted by molar-refractivity contribution is 0.414. The molecule has 6 nitrogen and oxygen atoms in total. The van der Waals surface area contributed by atoms with E-state index in [-0.39, 0.29) is 17.5 Å². The summed E-state index contributed by atoms with van der Waals surface area (Å²) in [5.74, 6) is -3.03. The van der Waals surface area contributed by atoms with Gasteiger partial charge < -0.3 is 15.4 Å². The van der Waals surface area contributed by atoms with Crippen molar-refractivity contribution >= 4 is 17.5 Å². The summed E-state index contributed by atoms with van der Waals surface area (Å²) in [5, 5.41) is 13.1. The van der Waals surface area contributed by atoms with Crippen molar-refractivity contribution in [3.8, 4) is 5.75 Å². The van der Waals surface area contributed by atoms with Gasteiger partial charge in [0.05, 0.1) is 19.0 Å². The van der Waals surface area contributed by atoms with Crippen LogP contribution in [0.5, 0.6) is 5.75 Å². The molecule has 1 aromatic heterocycles. The molecule has 0 aliphatic rings. The zero-order valence-corrected chi connectivity index (χ0v) is 14.3. The van der Waals surface area contributed by atoms with Gasteiger partial charge in [-0.2, -0.15) is 10.1 Å². The second-order valence-corrected chi connectivity index (χ2v) is 5.54. The Morgan fingerprint density at radius 2 is 1.93 bits per heavy atom. The summed E-state index contributed by atoms with van der Waals surface area (Å²) in [5.41, 5.74) is 0.810. The number of hydrogen-bond acceptors (Lipinski definition) is 6. The van der Waals surface area contributed by atoms with Crippen LogP contribution in [0.25, 0.3) is 0 Å². The number of halogens is 3. The average Bonchev–Trinajstić information content (AvgIpc) is 2.69. The van der Waals surface area contributed by atoms with Crippen LogP contribution in [0.2, 0.25) is 0 Å². The van der Waals surface area contributed by atoms with Gasteiger partial charge in [0.2, 0.25) is 5.95 Å². The molecule has 27 heavy (non-hydrogen) atoms. The van der Waals surface area contributed by atoms with E-state index in [2.05, 4.69) is 25.8 Å². The molecular formula is C18H16F3N5O. The van der Waals surface area contributed by atoms with Gasteiger partial charge in [-0.3, -0.25) is 0 Å². The van der Waals surface area contributed by atoms with Crippen LogP contribution < -0.4 is 15.4 Å². The van der Waals surface area contributed by atoms with Gasteiger partial charge >= 0.3 is 0 Å². The lowest BCUT2D eigenvalue weighted by Crippen LogP contribution is -2.10. The van der Waals surface area contributed by atoms with Crippen molar-refractivity contribution in [3.05, 3.63) is 65.6 Å². The fraction of sp³-hybridized carbons (Fsp3) is 0.167. The topological polar surface area (TPSA) is 72.0 Å². The predicted octanol–water partition coefficient (Wildman–Crippen LogP) is 3.70. The first-order valence-electron chi connectivity index (χ1n) is 8.04. The lowest BCUT2D eigenvalue weighted by atomic mass is 10.1. The van der Waals surface area contributed by atoms with Gasteiger partial charge in [-0.15, -0.1) is 5.10 Å². The highest BCUT2D eigenvalue weighted by Crippen LogP contribution is 2.22. The second-order valence-electron chi connectivity index (χ2n) is 5.54. The first-order valence-corrected chi connectivity index (χ1v) is 8.04. The summed E-state index contributed by atoms with van der Waals surface area (Å²) < 4.78 is 45.2. The summed E-state index contributed by atoms with van der Waals surface area (Å²) in [4.78, 5) is 4.12. The number of ether oxygens (including phenoxy) is 1. The van der Waals surface area contributed by atoms with E-state index in [1.54, 1.807) is 7.11 Å². The van der Waals surface area contributed by atoms with Crippen molar-refractivity contribution in [1.82, 2.24) is 15.2 Å². The number of methoxy groups -OCH3 is 1. The van der Waals surface area contributed by atoms with Crippen LogP contribution >= 0.6 is 0 Å². The SMILES string of the molecule is COc1cccc(CCNc2nncc(Nc3ccc(F)c(F)c3F)n2)c1. The molecular weight excluding hydrogens is 359 g/mol. The number of benzene rings is 2. The van der Waals surface area contributed by atoms with E-state index < -0.39 is 17.5 Å². The molecule has 3 rings (SSSR count). The van der Waals surface area contributed by atoms with E-state index in [9.17, 15) is 13.2 Å². The normalized spacial score (nSPS) is 10.5. The molecule has 0 radical (unpaired) electrons. The number of anilines is 3. The number of rotatable bonds is 7. The van der Waals surface area contributed by atoms with Crippen molar-refractivity contribution in [2.45, 2.75) is 6.42 Å². The van der Waals surface area contributed by atoms with Gasteiger partial charge in [-0.25, -0.2) is 13.2 Å². The standard InChI is InChI=1S/C18H16F3N5O/c1-27-12-4-2-3-11(9-12)7-8-22-18-25-15(10-23-26-18)24-14-6-5-13(19)16(20)17(14)21/h2-6,9-10H,7-8H2,1H3,(H2,22,24,25,26). The Morgan fingerprint density at radius 3 is 2.74 bits per heavy atom. The summed E-state index contributed by atoms with van der Waals surface area (Å²) >= 11 is 0. The molecule has 0 saturated heterocycles.